The Morgan fingerprint density at radius 3 is 2.90 bits per heavy atom. The second kappa shape index (κ2) is 9.09. The van der Waals surface area contributed by atoms with E-state index < -0.39 is 0 Å². The summed E-state index contributed by atoms with van der Waals surface area (Å²) in [6.45, 7) is 5.44. The van der Waals surface area contributed by atoms with Crippen LogP contribution in [0.4, 0.5) is 0 Å². The predicted molar refractivity (Wildman–Crippen MR) is 116 cm³/mol. The lowest BCUT2D eigenvalue weighted by atomic mass is 9.89. The summed E-state index contributed by atoms with van der Waals surface area (Å²) in [4.78, 5) is 18.7. The maximum absolute atomic E-state index is 11.7. The smallest absolute Gasteiger partial charge is 0.307 e. The van der Waals surface area contributed by atoms with Gasteiger partial charge in [-0.2, -0.15) is 0 Å². The molecule has 1 aromatic heterocycles. The molecule has 2 aromatic rings. The van der Waals surface area contributed by atoms with Crippen molar-refractivity contribution in [1.29, 1.82) is 0 Å². The minimum absolute atomic E-state index is 0.116. The van der Waals surface area contributed by atoms with Crippen LogP contribution in [0, 0.1) is 0 Å². The average molecular weight is 457 g/mol. The fourth-order valence-corrected chi connectivity index (χ4v) is 4.36. The molecule has 0 unspecified atom stereocenters. The molecular formula is C23H25BrN2O3. The van der Waals surface area contributed by atoms with Gasteiger partial charge in [0.25, 0.3) is 0 Å². The summed E-state index contributed by atoms with van der Waals surface area (Å²) < 4.78 is 12.2. The fraction of sp³-hybridized carbons (Fsp3) is 0.391. The topological polar surface area (TPSA) is 51.7 Å². The van der Waals surface area contributed by atoms with Gasteiger partial charge in [0.2, 0.25) is 0 Å². The molecule has 0 radical (unpaired) electrons. The molecule has 1 fully saturated rings. The minimum Gasteiger partial charge on any atom is -0.488 e. The maximum Gasteiger partial charge on any atom is 0.307 e. The highest BCUT2D eigenvalue weighted by atomic mass is 79.9. The summed E-state index contributed by atoms with van der Waals surface area (Å²) in [6.07, 6.45) is 4.24. The van der Waals surface area contributed by atoms with Crippen molar-refractivity contribution in [3.05, 3.63) is 63.4 Å². The molecule has 2 aliphatic rings. The van der Waals surface area contributed by atoms with E-state index in [9.17, 15) is 4.79 Å². The molecule has 1 saturated heterocycles. The van der Waals surface area contributed by atoms with E-state index >= 15 is 0 Å². The molecule has 29 heavy (non-hydrogen) atoms. The van der Waals surface area contributed by atoms with Crippen molar-refractivity contribution in [2.45, 2.75) is 32.8 Å². The molecule has 3 heterocycles. The Kier molecular flexibility index (Phi) is 6.31. The number of aromatic nitrogens is 1. The molecule has 4 rings (SSSR count). The van der Waals surface area contributed by atoms with Crippen LogP contribution in [0.1, 0.15) is 43.0 Å². The Bertz CT molecular complexity index is 931. The number of esters is 1. The van der Waals surface area contributed by atoms with Crippen LogP contribution in [0.3, 0.4) is 0 Å². The molecule has 0 saturated carbocycles. The first kappa shape index (κ1) is 20.1. The SMILES string of the molecule is CCOC(=O)CCN1CCC(=C2c3ccc(Br)cc3OCc3cccnc32)CC1. The standard InChI is InChI=1S/C23H25BrN2O3/c1-2-28-21(27)9-13-26-11-7-16(8-12-26)22-19-6-5-18(24)14-20(19)29-15-17-4-3-10-25-23(17)22/h3-6,10,14H,2,7-9,11-13,15H2,1H3. The van der Waals surface area contributed by atoms with Crippen LogP contribution in [-0.4, -0.2) is 42.1 Å². The van der Waals surface area contributed by atoms with E-state index in [1.807, 2.05) is 25.3 Å². The average Bonchev–Trinajstić information content (AvgIpc) is 2.89. The lowest BCUT2D eigenvalue weighted by Gasteiger charge is -2.29. The highest BCUT2D eigenvalue weighted by Gasteiger charge is 2.26. The van der Waals surface area contributed by atoms with Crippen LogP contribution in [0.2, 0.25) is 0 Å². The number of rotatable bonds is 4. The molecule has 1 aromatic carbocycles. The van der Waals surface area contributed by atoms with Gasteiger partial charge in [0.05, 0.1) is 18.7 Å². The molecule has 0 spiro atoms. The Morgan fingerprint density at radius 2 is 2.10 bits per heavy atom. The Morgan fingerprint density at radius 1 is 1.28 bits per heavy atom. The first-order valence-corrected chi connectivity index (χ1v) is 10.9. The Hall–Kier alpha value is -2.18. The number of benzene rings is 1. The summed E-state index contributed by atoms with van der Waals surface area (Å²) in [5.41, 5.74) is 5.88. The summed E-state index contributed by atoms with van der Waals surface area (Å²) in [6, 6.07) is 10.3. The van der Waals surface area contributed by atoms with Crippen molar-refractivity contribution >= 4 is 27.5 Å². The van der Waals surface area contributed by atoms with Gasteiger partial charge in [-0.05, 0) is 44.0 Å². The lowest BCUT2D eigenvalue weighted by Crippen LogP contribution is -2.33. The minimum atomic E-state index is -0.116. The van der Waals surface area contributed by atoms with Crippen LogP contribution in [0.5, 0.6) is 5.75 Å². The van der Waals surface area contributed by atoms with Crippen LogP contribution in [0.15, 0.2) is 46.6 Å². The second-order valence-corrected chi connectivity index (χ2v) is 8.23. The van der Waals surface area contributed by atoms with Gasteiger partial charge in [-0.1, -0.05) is 27.6 Å². The number of carbonyl (C=O) groups is 1. The Balaban J connectivity index is 1.61. The third-order valence-electron chi connectivity index (χ3n) is 5.47. The van der Waals surface area contributed by atoms with E-state index in [0.29, 0.717) is 19.6 Å². The predicted octanol–water partition coefficient (Wildman–Crippen LogP) is 4.59. The normalized spacial score (nSPS) is 16.5. The number of piperidine rings is 1. The van der Waals surface area contributed by atoms with Gasteiger partial charge in [-0.25, -0.2) is 0 Å². The quantitative estimate of drug-likeness (QED) is 0.629. The largest absolute Gasteiger partial charge is 0.488 e. The van der Waals surface area contributed by atoms with Crippen molar-refractivity contribution in [2.24, 2.45) is 0 Å². The molecule has 0 bridgehead atoms. The molecule has 5 nitrogen and oxygen atoms in total. The fourth-order valence-electron chi connectivity index (χ4n) is 4.02. The molecule has 0 atom stereocenters. The van der Waals surface area contributed by atoms with E-state index in [1.54, 1.807) is 0 Å². The summed E-state index contributed by atoms with van der Waals surface area (Å²) in [5, 5.41) is 0. The number of carbonyl (C=O) groups excluding carboxylic acids is 1. The molecular weight excluding hydrogens is 432 g/mol. The van der Waals surface area contributed by atoms with E-state index in [2.05, 4.69) is 39.0 Å². The van der Waals surface area contributed by atoms with Gasteiger partial charge in [0, 0.05) is 47.0 Å². The number of hydrogen-bond donors (Lipinski definition) is 0. The van der Waals surface area contributed by atoms with E-state index in [0.717, 1.165) is 59.5 Å². The molecule has 2 aliphatic heterocycles. The summed E-state index contributed by atoms with van der Waals surface area (Å²) >= 11 is 3.56. The highest BCUT2D eigenvalue weighted by molar-refractivity contribution is 9.10. The van der Waals surface area contributed by atoms with Gasteiger partial charge in [-0.3, -0.25) is 9.78 Å². The third-order valence-corrected chi connectivity index (χ3v) is 5.97. The monoisotopic (exact) mass is 456 g/mol. The van der Waals surface area contributed by atoms with Crippen LogP contribution < -0.4 is 4.74 Å². The number of nitrogens with zero attached hydrogens (tertiary/aromatic N) is 2. The molecule has 0 aliphatic carbocycles. The van der Waals surface area contributed by atoms with Crippen molar-refractivity contribution < 1.29 is 14.3 Å². The molecule has 0 amide bonds. The van der Waals surface area contributed by atoms with E-state index in [1.165, 1.54) is 11.1 Å². The van der Waals surface area contributed by atoms with Crippen molar-refractivity contribution in [2.75, 3.05) is 26.2 Å². The zero-order chi connectivity index (χ0) is 20.2. The van der Waals surface area contributed by atoms with Gasteiger partial charge in [0.15, 0.2) is 0 Å². The van der Waals surface area contributed by atoms with Gasteiger partial charge >= 0.3 is 5.97 Å². The lowest BCUT2D eigenvalue weighted by molar-refractivity contribution is -0.143. The number of fused-ring (bicyclic) bond motifs is 2. The Labute approximate surface area is 179 Å². The van der Waals surface area contributed by atoms with Crippen LogP contribution in [-0.2, 0) is 16.1 Å². The number of halogens is 1. The first-order chi connectivity index (χ1) is 14.2. The number of likely N-dealkylation sites (tertiary alicyclic amines) is 1. The second-order valence-electron chi connectivity index (χ2n) is 7.32. The number of ether oxygens (including phenoxy) is 2. The van der Waals surface area contributed by atoms with Crippen LogP contribution >= 0.6 is 15.9 Å². The number of hydrogen-bond acceptors (Lipinski definition) is 5. The van der Waals surface area contributed by atoms with Gasteiger partial charge < -0.3 is 14.4 Å². The van der Waals surface area contributed by atoms with Gasteiger partial charge in [0.1, 0.15) is 12.4 Å². The van der Waals surface area contributed by atoms with Crippen LogP contribution in [0.25, 0.3) is 5.57 Å². The molecule has 152 valence electrons. The maximum atomic E-state index is 11.7. The first-order valence-electron chi connectivity index (χ1n) is 10.1. The third kappa shape index (κ3) is 4.54. The zero-order valence-electron chi connectivity index (χ0n) is 16.6. The highest BCUT2D eigenvalue weighted by Crippen LogP contribution is 2.41. The van der Waals surface area contributed by atoms with Gasteiger partial charge in [-0.15, -0.1) is 0 Å². The van der Waals surface area contributed by atoms with Crippen molar-refractivity contribution in [3.8, 4) is 5.75 Å². The zero-order valence-corrected chi connectivity index (χ0v) is 18.2. The summed E-state index contributed by atoms with van der Waals surface area (Å²) in [7, 11) is 0. The van der Waals surface area contributed by atoms with Crippen molar-refractivity contribution in [1.82, 2.24) is 9.88 Å². The summed E-state index contributed by atoms with van der Waals surface area (Å²) in [5.74, 6) is 0.778. The van der Waals surface area contributed by atoms with E-state index in [-0.39, 0.29) is 5.97 Å². The van der Waals surface area contributed by atoms with Crippen molar-refractivity contribution in [3.63, 3.8) is 0 Å². The molecule has 6 heteroatoms. The number of pyridine rings is 1. The van der Waals surface area contributed by atoms with E-state index in [4.69, 9.17) is 14.5 Å². The molecule has 0 N–H and O–H groups in total.